The van der Waals surface area contributed by atoms with Gasteiger partial charge in [-0.15, -0.1) is 0 Å². The van der Waals surface area contributed by atoms with Gasteiger partial charge in [0.1, 0.15) is 0 Å². The number of aryl methyl sites for hydroxylation is 1. The second kappa shape index (κ2) is 8.61. The Morgan fingerprint density at radius 2 is 1.65 bits per heavy atom. The van der Waals surface area contributed by atoms with E-state index in [1.165, 1.54) is 5.56 Å². The topological polar surface area (TPSA) is 59.1 Å². The molecule has 6 heteroatoms. The molecule has 0 aromatic heterocycles. The first-order valence-electron chi connectivity index (χ1n) is 11.2. The molecule has 2 atom stereocenters. The monoisotopic (exact) mass is 420 g/mol. The minimum atomic E-state index is 0.0495. The maximum absolute atomic E-state index is 12.9. The van der Waals surface area contributed by atoms with Crippen LogP contribution in [0.3, 0.4) is 0 Å². The van der Waals surface area contributed by atoms with Gasteiger partial charge in [0.15, 0.2) is 11.5 Å². The molecule has 1 aliphatic carbocycles. The molecular formula is C25H28N2O4. The SMILES string of the molecule is O=C(CCCc1ccccc1)N1CCN(C(=O)C2CC2c2ccc3c(c2)OCO3)CC1. The van der Waals surface area contributed by atoms with Crippen LogP contribution in [-0.2, 0) is 16.0 Å². The second-order valence-electron chi connectivity index (χ2n) is 8.61. The highest BCUT2D eigenvalue weighted by Crippen LogP contribution is 2.50. The summed E-state index contributed by atoms with van der Waals surface area (Å²) >= 11 is 0. The highest BCUT2D eigenvalue weighted by atomic mass is 16.7. The zero-order valence-electron chi connectivity index (χ0n) is 17.7. The fourth-order valence-corrected chi connectivity index (χ4v) is 4.64. The third-order valence-corrected chi connectivity index (χ3v) is 6.58. The highest BCUT2D eigenvalue weighted by Gasteiger charge is 2.46. The largest absolute Gasteiger partial charge is 0.454 e. The second-order valence-corrected chi connectivity index (χ2v) is 8.61. The molecule has 2 aromatic carbocycles. The van der Waals surface area contributed by atoms with E-state index in [9.17, 15) is 9.59 Å². The van der Waals surface area contributed by atoms with Crippen LogP contribution in [0.2, 0.25) is 0 Å². The standard InChI is InChI=1S/C25H28N2O4/c28-24(8-4-7-18-5-2-1-3-6-18)26-11-13-27(14-12-26)25(29)21-16-20(21)19-9-10-22-23(15-19)31-17-30-22/h1-3,5-6,9-10,15,20-21H,4,7-8,11-14,16-17H2. The van der Waals surface area contributed by atoms with E-state index in [4.69, 9.17) is 9.47 Å². The molecule has 2 fully saturated rings. The number of nitrogens with zero attached hydrogens (tertiary/aromatic N) is 2. The molecule has 2 heterocycles. The lowest BCUT2D eigenvalue weighted by atomic mass is 10.1. The van der Waals surface area contributed by atoms with Crippen molar-refractivity contribution in [3.63, 3.8) is 0 Å². The van der Waals surface area contributed by atoms with Crippen LogP contribution in [0.4, 0.5) is 0 Å². The van der Waals surface area contributed by atoms with E-state index in [0.29, 0.717) is 32.6 Å². The quantitative estimate of drug-likeness (QED) is 0.720. The number of rotatable bonds is 6. The first kappa shape index (κ1) is 19.9. The van der Waals surface area contributed by atoms with Gasteiger partial charge in [0, 0.05) is 38.5 Å². The Hall–Kier alpha value is -3.02. The maximum Gasteiger partial charge on any atom is 0.231 e. The van der Waals surface area contributed by atoms with Crippen LogP contribution in [0, 0.1) is 5.92 Å². The predicted octanol–water partition coefficient (Wildman–Crippen LogP) is 3.21. The minimum Gasteiger partial charge on any atom is -0.454 e. The molecule has 3 aliphatic rings. The molecule has 31 heavy (non-hydrogen) atoms. The molecule has 2 unspecified atom stereocenters. The van der Waals surface area contributed by atoms with E-state index in [0.717, 1.165) is 36.3 Å². The summed E-state index contributed by atoms with van der Waals surface area (Å²) in [5.41, 5.74) is 2.42. The maximum atomic E-state index is 12.9. The fraction of sp³-hybridized carbons (Fsp3) is 0.440. The van der Waals surface area contributed by atoms with E-state index in [2.05, 4.69) is 12.1 Å². The molecule has 6 nitrogen and oxygen atoms in total. The number of carbonyl (C=O) groups excluding carboxylic acids is 2. The number of hydrogen-bond donors (Lipinski definition) is 0. The van der Waals surface area contributed by atoms with Gasteiger partial charge in [0.05, 0.1) is 0 Å². The Morgan fingerprint density at radius 3 is 2.45 bits per heavy atom. The number of carbonyl (C=O) groups is 2. The highest BCUT2D eigenvalue weighted by molar-refractivity contribution is 5.83. The van der Waals surface area contributed by atoms with Gasteiger partial charge < -0.3 is 19.3 Å². The lowest BCUT2D eigenvalue weighted by molar-refractivity contribution is -0.140. The van der Waals surface area contributed by atoms with Gasteiger partial charge in [-0.3, -0.25) is 9.59 Å². The van der Waals surface area contributed by atoms with E-state index < -0.39 is 0 Å². The molecule has 1 saturated heterocycles. The average molecular weight is 421 g/mol. The molecule has 0 bridgehead atoms. The summed E-state index contributed by atoms with van der Waals surface area (Å²) in [7, 11) is 0. The van der Waals surface area contributed by atoms with Crippen LogP contribution in [0.15, 0.2) is 48.5 Å². The van der Waals surface area contributed by atoms with Gasteiger partial charge >= 0.3 is 0 Å². The van der Waals surface area contributed by atoms with E-state index in [1.807, 2.05) is 46.2 Å². The first-order valence-corrected chi connectivity index (χ1v) is 11.2. The van der Waals surface area contributed by atoms with Gasteiger partial charge in [-0.1, -0.05) is 36.4 Å². The van der Waals surface area contributed by atoms with Crippen molar-refractivity contribution >= 4 is 11.8 Å². The molecule has 2 amide bonds. The molecule has 1 saturated carbocycles. The molecule has 5 rings (SSSR count). The molecule has 2 aromatic rings. The van der Waals surface area contributed by atoms with Crippen LogP contribution in [0.5, 0.6) is 11.5 Å². The Morgan fingerprint density at radius 1 is 0.903 bits per heavy atom. The summed E-state index contributed by atoms with van der Waals surface area (Å²) in [6.45, 7) is 2.80. The van der Waals surface area contributed by atoms with Crippen molar-refractivity contribution in [3.05, 3.63) is 59.7 Å². The summed E-state index contributed by atoms with van der Waals surface area (Å²) in [6, 6.07) is 16.2. The van der Waals surface area contributed by atoms with Gasteiger partial charge in [0.2, 0.25) is 18.6 Å². The smallest absolute Gasteiger partial charge is 0.231 e. The molecule has 2 aliphatic heterocycles. The number of piperazine rings is 1. The molecule has 0 spiro atoms. The first-order chi connectivity index (χ1) is 15.2. The number of amides is 2. The van der Waals surface area contributed by atoms with Crippen molar-refractivity contribution < 1.29 is 19.1 Å². The van der Waals surface area contributed by atoms with Crippen molar-refractivity contribution in [1.29, 1.82) is 0 Å². The van der Waals surface area contributed by atoms with E-state index >= 15 is 0 Å². The fourth-order valence-electron chi connectivity index (χ4n) is 4.64. The van der Waals surface area contributed by atoms with Crippen LogP contribution >= 0.6 is 0 Å². The van der Waals surface area contributed by atoms with E-state index in [-0.39, 0.29) is 30.4 Å². The zero-order valence-corrected chi connectivity index (χ0v) is 17.7. The number of ether oxygens (including phenoxy) is 2. The van der Waals surface area contributed by atoms with Crippen LogP contribution < -0.4 is 9.47 Å². The number of fused-ring (bicyclic) bond motifs is 1. The minimum absolute atomic E-state index is 0.0495. The normalized spacial score (nSPS) is 21.8. The summed E-state index contributed by atoms with van der Waals surface area (Å²) < 4.78 is 10.8. The summed E-state index contributed by atoms with van der Waals surface area (Å²) in [5.74, 6) is 2.28. The number of benzene rings is 2. The lowest BCUT2D eigenvalue weighted by Gasteiger charge is -2.35. The summed E-state index contributed by atoms with van der Waals surface area (Å²) in [6.07, 6.45) is 3.24. The van der Waals surface area contributed by atoms with Crippen LogP contribution in [0.1, 0.15) is 36.3 Å². The predicted molar refractivity (Wildman–Crippen MR) is 116 cm³/mol. The zero-order chi connectivity index (χ0) is 21.2. The summed E-state index contributed by atoms with van der Waals surface area (Å²) in [4.78, 5) is 29.3. The van der Waals surface area contributed by atoms with Crippen LogP contribution in [0.25, 0.3) is 0 Å². The van der Waals surface area contributed by atoms with Crippen molar-refractivity contribution in [2.75, 3.05) is 33.0 Å². The average Bonchev–Trinajstić information content (AvgIpc) is 3.48. The van der Waals surface area contributed by atoms with Gasteiger partial charge in [-0.2, -0.15) is 0 Å². The van der Waals surface area contributed by atoms with Crippen molar-refractivity contribution in [2.45, 2.75) is 31.6 Å². The lowest BCUT2D eigenvalue weighted by Crippen LogP contribution is -2.51. The van der Waals surface area contributed by atoms with Crippen LogP contribution in [-0.4, -0.2) is 54.6 Å². The molecule has 0 radical (unpaired) electrons. The van der Waals surface area contributed by atoms with E-state index in [1.54, 1.807) is 0 Å². The third kappa shape index (κ3) is 4.38. The Labute approximate surface area is 182 Å². The number of hydrogen-bond acceptors (Lipinski definition) is 4. The Balaban J connectivity index is 1.07. The van der Waals surface area contributed by atoms with Gasteiger partial charge in [0.25, 0.3) is 0 Å². The molecular weight excluding hydrogens is 392 g/mol. The summed E-state index contributed by atoms with van der Waals surface area (Å²) in [5, 5.41) is 0. The molecule has 0 N–H and O–H groups in total. The van der Waals surface area contributed by atoms with Gasteiger partial charge in [-0.25, -0.2) is 0 Å². The van der Waals surface area contributed by atoms with Crippen molar-refractivity contribution in [1.82, 2.24) is 9.80 Å². The Bertz CT molecular complexity index is 953. The third-order valence-electron chi connectivity index (χ3n) is 6.58. The van der Waals surface area contributed by atoms with Gasteiger partial charge in [-0.05, 0) is 48.4 Å². The Kier molecular flexibility index (Phi) is 5.53. The molecule has 162 valence electrons. The van der Waals surface area contributed by atoms with Crippen molar-refractivity contribution in [2.24, 2.45) is 5.92 Å². The van der Waals surface area contributed by atoms with Crippen molar-refractivity contribution in [3.8, 4) is 11.5 Å².